The molecule has 5 rings (SSSR count). The summed E-state index contributed by atoms with van der Waals surface area (Å²) in [6, 6.07) is 25.3. The highest BCUT2D eigenvalue weighted by molar-refractivity contribution is 6.32. The summed E-state index contributed by atoms with van der Waals surface area (Å²) >= 11 is 6.33. The predicted octanol–water partition coefficient (Wildman–Crippen LogP) is 5.89. The fourth-order valence-corrected chi connectivity index (χ4v) is 5.08. The van der Waals surface area contributed by atoms with Gasteiger partial charge in [0.05, 0.1) is 17.5 Å². The Labute approximate surface area is 187 Å². The molecular weight excluding hydrogens is 406 g/mol. The highest BCUT2D eigenvalue weighted by atomic mass is 35.5. The number of hydrogen-bond donors (Lipinski definition) is 0. The number of imide groups is 1. The SMILES string of the molecule is Cc1ccc(N2C(=O)C3C(c4ccccc4)C=CC(c4ccccc4)C3C2=O)cc1Cl. The number of benzene rings is 3. The van der Waals surface area contributed by atoms with Crippen LogP contribution in [0.1, 0.15) is 28.5 Å². The molecule has 0 radical (unpaired) electrons. The zero-order chi connectivity index (χ0) is 21.5. The molecule has 31 heavy (non-hydrogen) atoms. The van der Waals surface area contributed by atoms with Crippen molar-refractivity contribution < 1.29 is 9.59 Å². The normalized spacial score (nSPS) is 25.0. The average molecular weight is 428 g/mol. The van der Waals surface area contributed by atoms with Crippen molar-refractivity contribution in [1.29, 1.82) is 0 Å². The van der Waals surface area contributed by atoms with Gasteiger partial charge in [-0.1, -0.05) is 90.5 Å². The second-order valence-electron chi connectivity index (χ2n) is 8.25. The van der Waals surface area contributed by atoms with Crippen LogP contribution in [0.4, 0.5) is 5.69 Å². The highest BCUT2D eigenvalue weighted by Gasteiger charge is 2.55. The molecule has 1 aliphatic heterocycles. The van der Waals surface area contributed by atoms with Gasteiger partial charge in [0, 0.05) is 16.9 Å². The number of hydrogen-bond acceptors (Lipinski definition) is 2. The van der Waals surface area contributed by atoms with Crippen molar-refractivity contribution in [2.24, 2.45) is 11.8 Å². The van der Waals surface area contributed by atoms with Crippen LogP contribution < -0.4 is 4.90 Å². The van der Waals surface area contributed by atoms with Gasteiger partial charge in [0.15, 0.2) is 0 Å². The molecule has 4 heteroatoms. The van der Waals surface area contributed by atoms with E-state index in [-0.39, 0.29) is 23.7 Å². The zero-order valence-electron chi connectivity index (χ0n) is 17.1. The van der Waals surface area contributed by atoms with Gasteiger partial charge in [0.1, 0.15) is 0 Å². The van der Waals surface area contributed by atoms with E-state index in [1.165, 1.54) is 4.90 Å². The largest absolute Gasteiger partial charge is 0.274 e. The molecule has 1 heterocycles. The van der Waals surface area contributed by atoms with Crippen molar-refractivity contribution in [1.82, 2.24) is 0 Å². The second-order valence-corrected chi connectivity index (χ2v) is 8.66. The zero-order valence-corrected chi connectivity index (χ0v) is 17.9. The summed E-state index contributed by atoms with van der Waals surface area (Å²) in [7, 11) is 0. The number of carbonyl (C=O) groups is 2. The van der Waals surface area contributed by atoms with E-state index in [0.717, 1.165) is 16.7 Å². The number of halogens is 1. The van der Waals surface area contributed by atoms with E-state index >= 15 is 0 Å². The van der Waals surface area contributed by atoms with E-state index in [2.05, 4.69) is 12.2 Å². The molecule has 1 saturated heterocycles. The Morgan fingerprint density at radius 3 is 1.65 bits per heavy atom. The van der Waals surface area contributed by atoms with Crippen molar-refractivity contribution in [3.63, 3.8) is 0 Å². The first-order valence-electron chi connectivity index (χ1n) is 10.5. The minimum Gasteiger partial charge on any atom is -0.274 e. The quantitative estimate of drug-likeness (QED) is 0.386. The molecule has 4 unspecified atom stereocenters. The third-order valence-electron chi connectivity index (χ3n) is 6.48. The number of fused-ring (bicyclic) bond motifs is 1. The minimum absolute atomic E-state index is 0.145. The van der Waals surface area contributed by atoms with Crippen molar-refractivity contribution in [3.8, 4) is 0 Å². The summed E-state index contributed by atoms with van der Waals surface area (Å²) < 4.78 is 0. The van der Waals surface area contributed by atoms with Gasteiger partial charge in [0.2, 0.25) is 11.8 Å². The van der Waals surface area contributed by atoms with Crippen LogP contribution in [0.3, 0.4) is 0 Å². The maximum atomic E-state index is 13.7. The number of rotatable bonds is 3. The molecule has 3 nitrogen and oxygen atoms in total. The van der Waals surface area contributed by atoms with Gasteiger partial charge in [-0.15, -0.1) is 0 Å². The Kier molecular flexibility index (Phi) is 4.99. The molecule has 0 bridgehead atoms. The van der Waals surface area contributed by atoms with Gasteiger partial charge in [-0.2, -0.15) is 0 Å². The third kappa shape index (κ3) is 3.30. The van der Waals surface area contributed by atoms with Gasteiger partial charge >= 0.3 is 0 Å². The molecule has 2 aliphatic rings. The summed E-state index contributed by atoms with van der Waals surface area (Å²) in [5, 5.41) is 0.547. The molecule has 0 spiro atoms. The molecule has 3 aromatic rings. The van der Waals surface area contributed by atoms with Crippen molar-refractivity contribution in [3.05, 3.63) is 113 Å². The molecule has 0 saturated carbocycles. The number of aryl methyl sites for hydroxylation is 1. The van der Waals surface area contributed by atoms with Crippen LogP contribution >= 0.6 is 11.6 Å². The first kappa shape index (κ1) is 19.8. The predicted molar refractivity (Wildman–Crippen MR) is 123 cm³/mol. The van der Waals surface area contributed by atoms with Gasteiger partial charge in [-0.25, -0.2) is 4.90 Å². The Hall–Kier alpha value is -3.17. The molecular formula is C27H22ClNO2. The second kappa shape index (κ2) is 7.82. The lowest BCUT2D eigenvalue weighted by molar-refractivity contribution is -0.122. The Morgan fingerprint density at radius 1 is 0.710 bits per heavy atom. The first-order valence-corrected chi connectivity index (χ1v) is 10.9. The molecule has 4 atom stereocenters. The Bertz CT molecular complexity index is 1100. The van der Waals surface area contributed by atoms with E-state index < -0.39 is 11.8 Å². The van der Waals surface area contributed by atoms with E-state index in [0.29, 0.717) is 10.7 Å². The summed E-state index contributed by atoms with van der Waals surface area (Å²) in [6.07, 6.45) is 4.20. The van der Waals surface area contributed by atoms with Crippen LogP contribution in [0.25, 0.3) is 0 Å². The molecule has 1 fully saturated rings. The third-order valence-corrected chi connectivity index (χ3v) is 6.89. The van der Waals surface area contributed by atoms with E-state index in [4.69, 9.17) is 11.6 Å². The molecule has 1 aliphatic carbocycles. The number of anilines is 1. The van der Waals surface area contributed by atoms with Gasteiger partial charge < -0.3 is 0 Å². The lowest BCUT2D eigenvalue weighted by Gasteiger charge is -2.32. The Morgan fingerprint density at radius 2 is 1.19 bits per heavy atom. The van der Waals surface area contributed by atoms with Crippen LogP contribution in [0, 0.1) is 18.8 Å². The van der Waals surface area contributed by atoms with Crippen molar-refractivity contribution >= 4 is 29.1 Å². The summed E-state index contributed by atoms with van der Waals surface area (Å²) in [5.41, 5.74) is 3.54. The summed E-state index contributed by atoms with van der Waals surface area (Å²) in [5.74, 6) is -1.51. The number of nitrogens with zero attached hydrogens (tertiary/aromatic N) is 1. The van der Waals surface area contributed by atoms with Crippen LogP contribution in [-0.4, -0.2) is 11.8 Å². The van der Waals surface area contributed by atoms with E-state index in [1.54, 1.807) is 12.1 Å². The monoisotopic (exact) mass is 427 g/mol. The molecule has 0 aromatic heterocycles. The average Bonchev–Trinajstić information content (AvgIpc) is 3.07. The van der Waals surface area contributed by atoms with Gasteiger partial charge in [-0.3, -0.25) is 9.59 Å². The Balaban J connectivity index is 1.63. The summed E-state index contributed by atoms with van der Waals surface area (Å²) in [6.45, 7) is 1.90. The van der Waals surface area contributed by atoms with E-state index in [1.807, 2.05) is 73.7 Å². The minimum atomic E-state index is -0.454. The van der Waals surface area contributed by atoms with Crippen molar-refractivity contribution in [2.75, 3.05) is 4.90 Å². The maximum absolute atomic E-state index is 13.7. The van der Waals surface area contributed by atoms with E-state index in [9.17, 15) is 9.59 Å². The number of amides is 2. The topological polar surface area (TPSA) is 37.4 Å². The molecule has 2 amide bonds. The summed E-state index contributed by atoms with van der Waals surface area (Å²) in [4.78, 5) is 28.8. The molecule has 0 N–H and O–H groups in total. The molecule has 154 valence electrons. The fraction of sp³-hybridized carbons (Fsp3) is 0.185. The van der Waals surface area contributed by atoms with Gasteiger partial charge in [-0.05, 0) is 35.7 Å². The number of carbonyl (C=O) groups excluding carboxylic acids is 2. The standard InChI is InChI=1S/C27H22ClNO2/c1-17-12-13-20(16-23(17)28)29-26(30)24-21(18-8-4-2-5-9-18)14-15-22(25(24)27(29)31)19-10-6-3-7-11-19/h2-16,21-22,24-25H,1H3. The van der Waals surface area contributed by atoms with Crippen molar-refractivity contribution in [2.45, 2.75) is 18.8 Å². The first-order chi connectivity index (χ1) is 15.1. The van der Waals surface area contributed by atoms with Crippen LogP contribution in [-0.2, 0) is 9.59 Å². The fourth-order valence-electron chi connectivity index (χ4n) is 4.91. The smallest absolute Gasteiger partial charge is 0.238 e. The van der Waals surface area contributed by atoms with Crippen LogP contribution in [0.15, 0.2) is 91.0 Å². The lowest BCUT2D eigenvalue weighted by Crippen LogP contribution is -2.31. The highest BCUT2D eigenvalue weighted by Crippen LogP contribution is 2.50. The lowest BCUT2D eigenvalue weighted by atomic mass is 9.68. The molecule has 3 aromatic carbocycles. The van der Waals surface area contributed by atoms with Crippen LogP contribution in [0.2, 0.25) is 5.02 Å². The number of allylic oxidation sites excluding steroid dienone is 2. The van der Waals surface area contributed by atoms with Gasteiger partial charge in [0.25, 0.3) is 0 Å². The van der Waals surface area contributed by atoms with Crippen LogP contribution in [0.5, 0.6) is 0 Å². The maximum Gasteiger partial charge on any atom is 0.238 e.